The van der Waals surface area contributed by atoms with Crippen molar-refractivity contribution in [1.82, 2.24) is 5.32 Å². The smallest absolute Gasteiger partial charge is 0.225 e. The number of halogens is 1. The number of anilines is 1. The maximum absolute atomic E-state index is 11.9. The Morgan fingerprint density at radius 1 is 1.09 bits per heavy atom. The zero-order valence-corrected chi connectivity index (χ0v) is 14.5. The van der Waals surface area contributed by atoms with E-state index in [1.807, 2.05) is 25.1 Å². The average molecular weight is 361 g/mol. The number of amides is 1. The van der Waals surface area contributed by atoms with Crippen molar-refractivity contribution >= 4 is 27.5 Å². The number of hydrogen-bond acceptors (Lipinski definition) is 2. The predicted octanol–water partition coefficient (Wildman–Crippen LogP) is 4.18. The van der Waals surface area contributed by atoms with Crippen LogP contribution in [-0.2, 0) is 11.3 Å². The molecule has 1 amide bonds. The number of benzene rings is 2. The van der Waals surface area contributed by atoms with Gasteiger partial charge in [-0.05, 0) is 37.1 Å². The Kier molecular flexibility index (Phi) is 6.16. The van der Waals surface area contributed by atoms with Crippen molar-refractivity contribution in [3.8, 4) is 0 Å². The number of hydrogen-bond donors (Lipinski definition) is 2. The first-order valence-electron chi connectivity index (χ1n) is 7.37. The van der Waals surface area contributed by atoms with Crippen molar-refractivity contribution in [1.29, 1.82) is 0 Å². The fourth-order valence-corrected chi connectivity index (χ4v) is 2.41. The highest BCUT2D eigenvalue weighted by Crippen LogP contribution is 2.20. The van der Waals surface area contributed by atoms with E-state index in [0.717, 1.165) is 22.3 Å². The van der Waals surface area contributed by atoms with Gasteiger partial charge in [0.15, 0.2) is 0 Å². The molecule has 3 nitrogen and oxygen atoms in total. The Morgan fingerprint density at radius 3 is 2.50 bits per heavy atom. The highest BCUT2D eigenvalue weighted by atomic mass is 79.9. The van der Waals surface area contributed by atoms with Crippen LogP contribution in [0, 0.1) is 13.8 Å². The monoisotopic (exact) mass is 360 g/mol. The van der Waals surface area contributed by atoms with Gasteiger partial charge >= 0.3 is 0 Å². The van der Waals surface area contributed by atoms with Crippen molar-refractivity contribution in [2.24, 2.45) is 0 Å². The van der Waals surface area contributed by atoms with Gasteiger partial charge in [-0.25, -0.2) is 0 Å². The van der Waals surface area contributed by atoms with Crippen LogP contribution in [0.2, 0.25) is 0 Å². The van der Waals surface area contributed by atoms with Crippen LogP contribution in [0.4, 0.5) is 5.69 Å². The van der Waals surface area contributed by atoms with Crippen molar-refractivity contribution in [3.63, 3.8) is 0 Å². The molecule has 0 aromatic heterocycles. The summed E-state index contributed by atoms with van der Waals surface area (Å²) >= 11 is 3.47. The van der Waals surface area contributed by atoms with Crippen LogP contribution < -0.4 is 10.6 Å². The fourth-order valence-electron chi connectivity index (χ4n) is 2.03. The summed E-state index contributed by atoms with van der Waals surface area (Å²) in [4.78, 5) is 11.9. The molecule has 116 valence electrons. The Bertz CT molecular complexity index is 638. The Labute approximate surface area is 140 Å². The molecule has 0 aliphatic rings. The summed E-state index contributed by atoms with van der Waals surface area (Å²) in [5, 5.41) is 6.20. The molecule has 2 rings (SSSR count). The number of rotatable bonds is 6. The van der Waals surface area contributed by atoms with E-state index >= 15 is 0 Å². The SMILES string of the molecule is Cc1ccc(CNCCC(=O)Nc2ccc(C)c(Br)c2)cc1. The number of aryl methyl sites for hydroxylation is 2. The lowest BCUT2D eigenvalue weighted by Crippen LogP contribution is -2.21. The van der Waals surface area contributed by atoms with E-state index in [0.29, 0.717) is 13.0 Å². The van der Waals surface area contributed by atoms with Crippen LogP contribution in [0.1, 0.15) is 23.1 Å². The second kappa shape index (κ2) is 8.11. The summed E-state index contributed by atoms with van der Waals surface area (Å²) in [5.41, 5.74) is 4.46. The zero-order chi connectivity index (χ0) is 15.9. The van der Waals surface area contributed by atoms with Gasteiger partial charge in [0.05, 0.1) is 0 Å². The van der Waals surface area contributed by atoms with Crippen molar-refractivity contribution < 1.29 is 4.79 Å². The highest BCUT2D eigenvalue weighted by Gasteiger charge is 2.03. The van der Waals surface area contributed by atoms with E-state index in [4.69, 9.17) is 0 Å². The van der Waals surface area contributed by atoms with Gasteiger partial charge in [-0.15, -0.1) is 0 Å². The summed E-state index contributed by atoms with van der Waals surface area (Å²) in [5.74, 6) is 0.0205. The zero-order valence-electron chi connectivity index (χ0n) is 12.9. The molecule has 0 spiro atoms. The van der Waals surface area contributed by atoms with Crippen LogP contribution in [0.5, 0.6) is 0 Å². The van der Waals surface area contributed by atoms with Gasteiger partial charge in [0.1, 0.15) is 0 Å². The maximum Gasteiger partial charge on any atom is 0.225 e. The topological polar surface area (TPSA) is 41.1 Å². The van der Waals surface area contributed by atoms with Gasteiger partial charge in [0.25, 0.3) is 0 Å². The van der Waals surface area contributed by atoms with Crippen molar-refractivity contribution in [3.05, 3.63) is 63.6 Å². The van der Waals surface area contributed by atoms with E-state index in [1.165, 1.54) is 11.1 Å². The van der Waals surface area contributed by atoms with E-state index in [1.54, 1.807) is 0 Å². The first kappa shape index (κ1) is 16.7. The molecule has 0 heterocycles. The molecule has 0 bridgehead atoms. The Balaban J connectivity index is 1.71. The van der Waals surface area contributed by atoms with Gasteiger partial charge in [0.2, 0.25) is 5.91 Å². The lowest BCUT2D eigenvalue weighted by molar-refractivity contribution is -0.116. The van der Waals surface area contributed by atoms with Crippen LogP contribution in [-0.4, -0.2) is 12.5 Å². The van der Waals surface area contributed by atoms with E-state index in [9.17, 15) is 4.79 Å². The highest BCUT2D eigenvalue weighted by molar-refractivity contribution is 9.10. The second-order valence-corrected chi connectivity index (χ2v) is 6.28. The third kappa shape index (κ3) is 5.28. The molecular formula is C18H21BrN2O. The van der Waals surface area contributed by atoms with Crippen molar-refractivity contribution in [2.75, 3.05) is 11.9 Å². The molecule has 0 atom stereocenters. The molecule has 0 saturated carbocycles. The van der Waals surface area contributed by atoms with Crippen molar-refractivity contribution in [2.45, 2.75) is 26.8 Å². The molecular weight excluding hydrogens is 340 g/mol. The van der Waals surface area contributed by atoms with Gasteiger partial charge in [-0.2, -0.15) is 0 Å². The first-order chi connectivity index (χ1) is 10.5. The molecule has 2 aromatic carbocycles. The third-order valence-corrected chi connectivity index (χ3v) is 4.29. The van der Waals surface area contributed by atoms with Gasteiger partial charge < -0.3 is 10.6 Å². The normalized spacial score (nSPS) is 10.5. The minimum atomic E-state index is 0.0205. The molecule has 22 heavy (non-hydrogen) atoms. The summed E-state index contributed by atoms with van der Waals surface area (Å²) in [6.45, 7) is 5.53. The second-order valence-electron chi connectivity index (χ2n) is 5.42. The summed E-state index contributed by atoms with van der Waals surface area (Å²) in [6.07, 6.45) is 0.456. The first-order valence-corrected chi connectivity index (χ1v) is 8.16. The quantitative estimate of drug-likeness (QED) is 0.758. The minimum Gasteiger partial charge on any atom is -0.326 e. The summed E-state index contributed by atoms with van der Waals surface area (Å²) < 4.78 is 1.00. The molecule has 0 saturated heterocycles. The molecule has 0 radical (unpaired) electrons. The molecule has 2 aromatic rings. The Hall–Kier alpha value is -1.65. The van der Waals surface area contributed by atoms with Crippen LogP contribution >= 0.6 is 15.9 Å². The van der Waals surface area contributed by atoms with Gasteiger partial charge in [-0.3, -0.25) is 4.79 Å². The predicted molar refractivity (Wildman–Crippen MR) is 95.0 cm³/mol. The average Bonchev–Trinajstić information content (AvgIpc) is 2.49. The lowest BCUT2D eigenvalue weighted by atomic mass is 10.1. The fraction of sp³-hybridized carbons (Fsp3) is 0.278. The third-order valence-electron chi connectivity index (χ3n) is 3.43. The van der Waals surface area contributed by atoms with E-state index < -0.39 is 0 Å². The minimum absolute atomic E-state index is 0.0205. The Morgan fingerprint density at radius 2 is 1.82 bits per heavy atom. The van der Waals surface area contributed by atoms with Crippen LogP contribution in [0.15, 0.2) is 46.9 Å². The largest absolute Gasteiger partial charge is 0.326 e. The van der Waals surface area contributed by atoms with Gasteiger partial charge in [-0.1, -0.05) is 51.8 Å². The molecule has 2 N–H and O–H groups in total. The van der Waals surface area contributed by atoms with E-state index in [-0.39, 0.29) is 5.91 Å². The van der Waals surface area contributed by atoms with E-state index in [2.05, 4.69) is 57.8 Å². The standard InChI is InChI=1S/C18H21BrN2O/c1-13-3-6-15(7-4-13)12-20-10-9-18(22)21-16-8-5-14(2)17(19)11-16/h3-8,11,20H,9-10,12H2,1-2H3,(H,21,22). The summed E-state index contributed by atoms with van der Waals surface area (Å²) in [6, 6.07) is 14.2. The van der Waals surface area contributed by atoms with Crippen LogP contribution in [0.3, 0.4) is 0 Å². The number of carbonyl (C=O) groups is 1. The number of nitrogens with one attached hydrogen (secondary N) is 2. The summed E-state index contributed by atoms with van der Waals surface area (Å²) in [7, 11) is 0. The van der Waals surface area contributed by atoms with Crippen LogP contribution in [0.25, 0.3) is 0 Å². The molecule has 0 aliphatic carbocycles. The maximum atomic E-state index is 11.9. The number of carbonyl (C=O) groups excluding carboxylic acids is 1. The molecule has 0 fully saturated rings. The molecule has 0 aliphatic heterocycles. The van der Waals surface area contributed by atoms with Gasteiger partial charge in [0, 0.05) is 29.7 Å². The molecule has 4 heteroatoms. The lowest BCUT2D eigenvalue weighted by Gasteiger charge is -2.08. The molecule has 0 unspecified atom stereocenters.